The summed E-state index contributed by atoms with van der Waals surface area (Å²) in [7, 11) is 0. The van der Waals surface area contributed by atoms with Crippen LogP contribution in [0.1, 0.15) is 42.5 Å². The molecular weight excluding hydrogens is 496 g/mol. The number of hydrogen-bond acceptors (Lipinski definition) is 9. The number of benzene rings is 1. The molecular formula is C22H20N4O5S3. The Balaban J connectivity index is 1.23. The predicted molar refractivity (Wildman–Crippen MR) is 130 cm³/mol. The molecule has 0 radical (unpaired) electrons. The molecule has 0 saturated carbocycles. The maximum atomic E-state index is 12.5. The van der Waals surface area contributed by atoms with Gasteiger partial charge in [-0.25, -0.2) is 15.2 Å². The number of hydrogen-bond donors (Lipinski definition) is 2. The van der Waals surface area contributed by atoms with Crippen LogP contribution >= 0.6 is 34.4 Å². The second-order valence-corrected chi connectivity index (χ2v) is 10.2. The Morgan fingerprint density at radius 3 is 2.44 bits per heavy atom. The zero-order chi connectivity index (χ0) is 24.2. The van der Waals surface area contributed by atoms with Gasteiger partial charge in [-0.2, -0.15) is 0 Å². The molecule has 4 amide bonds. The Bertz CT molecular complexity index is 1230. The molecule has 1 aliphatic heterocycles. The van der Waals surface area contributed by atoms with Crippen LogP contribution in [0.25, 0.3) is 10.6 Å². The van der Waals surface area contributed by atoms with Gasteiger partial charge in [-0.15, -0.1) is 34.4 Å². The summed E-state index contributed by atoms with van der Waals surface area (Å²) >= 11 is 4.34. The number of rotatable bonds is 7. The minimum atomic E-state index is -0.840. The number of ether oxygens (including phenoxy) is 1. The van der Waals surface area contributed by atoms with Gasteiger partial charge in [0.05, 0.1) is 26.8 Å². The molecule has 34 heavy (non-hydrogen) atoms. The summed E-state index contributed by atoms with van der Waals surface area (Å²) in [4.78, 5) is 55.1. The van der Waals surface area contributed by atoms with E-state index in [9.17, 15) is 19.2 Å². The van der Waals surface area contributed by atoms with Crippen LogP contribution in [-0.2, 0) is 4.74 Å². The van der Waals surface area contributed by atoms with E-state index in [4.69, 9.17) is 4.74 Å². The van der Waals surface area contributed by atoms with E-state index in [1.54, 1.807) is 30.3 Å². The summed E-state index contributed by atoms with van der Waals surface area (Å²) in [5.41, 5.74) is 7.09. The molecule has 0 bridgehead atoms. The van der Waals surface area contributed by atoms with Gasteiger partial charge >= 0.3 is 6.09 Å². The first-order chi connectivity index (χ1) is 16.4. The standard InChI is InChI=1S/C22H20N4O5S3/c1-12-11-33-18(23-12)15-10-16(34-21(15)32-2)17(27)24-25-22(30)31-9-5-8-26-19(28)13-6-3-4-7-14(13)20(26)29/h3-4,6-7,10-11H,5,8-9H2,1-2H3,(H,24,27)(H,25,30). The number of nitrogens with one attached hydrogen (secondary N) is 2. The average molecular weight is 517 g/mol. The highest BCUT2D eigenvalue weighted by atomic mass is 32.2. The lowest BCUT2D eigenvalue weighted by Crippen LogP contribution is -2.42. The number of amides is 4. The Labute approximate surface area is 207 Å². The first kappa shape index (κ1) is 23.9. The molecule has 0 aliphatic carbocycles. The third-order valence-corrected chi connectivity index (χ3v) is 8.13. The summed E-state index contributed by atoms with van der Waals surface area (Å²) in [5, 5.41) is 2.78. The van der Waals surface area contributed by atoms with Crippen molar-refractivity contribution >= 4 is 58.3 Å². The SMILES string of the molecule is CSc1sc(C(=O)NNC(=O)OCCCN2C(=O)c3ccccc3C2=O)cc1-c1nc(C)cs1. The fraction of sp³-hybridized carbons (Fsp3) is 0.227. The van der Waals surface area contributed by atoms with Gasteiger partial charge in [0, 0.05) is 23.2 Å². The van der Waals surface area contributed by atoms with Crippen molar-refractivity contribution in [3.8, 4) is 10.6 Å². The monoisotopic (exact) mass is 516 g/mol. The highest BCUT2D eigenvalue weighted by Gasteiger charge is 2.34. The Kier molecular flexibility index (Phi) is 7.29. The van der Waals surface area contributed by atoms with Gasteiger partial charge in [-0.1, -0.05) is 12.1 Å². The van der Waals surface area contributed by atoms with Crippen LogP contribution in [0.15, 0.2) is 39.9 Å². The molecule has 0 unspecified atom stereocenters. The molecule has 0 spiro atoms. The van der Waals surface area contributed by atoms with Crippen molar-refractivity contribution in [2.75, 3.05) is 19.4 Å². The van der Waals surface area contributed by atoms with Crippen molar-refractivity contribution in [3.63, 3.8) is 0 Å². The molecule has 3 aromatic rings. The number of thiophene rings is 1. The molecule has 4 rings (SSSR count). The highest BCUT2D eigenvalue weighted by molar-refractivity contribution is 8.00. The zero-order valence-corrected chi connectivity index (χ0v) is 20.7. The largest absolute Gasteiger partial charge is 0.448 e. The number of thiazole rings is 1. The van der Waals surface area contributed by atoms with Gasteiger partial charge in [-0.3, -0.25) is 24.7 Å². The maximum absolute atomic E-state index is 12.5. The second-order valence-electron chi connectivity index (χ2n) is 7.19. The topological polar surface area (TPSA) is 118 Å². The molecule has 3 heterocycles. The summed E-state index contributed by atoms with van der Waals surface area (Å²) in [6.07, 6.45) is 1.36. The normalized spacial score (nSPS) is 12.6. The number of fused-ring (bicyclic) bond motifs is 1. The first-order valence-corrected chi connectivity index (χ1v) is 13.1. The number of carbonyl (C=O) groups is 4. The van der Waals surface area contributed by atoms with Crippen LogP contribution < -0.4 is 10.9 Å². The number of imide groups is 1. The number of carbonyl (C=O) groups excluding carboxylic acids is 4. The lowest BCUT2D eigenvalue weighted by molar-refractivity contribution is 0.0639. The van der Waals surface area contributed by atoms with E-state index in [0.29, 0.717) is 16.0 Å². The van der Waals surface area contributed by atoms with Crippen molar-refractivity contribution in [1.29, 1.82) is 0 Å². The van der Waals surface area contributed by atoms with Crippen molar-refractivity contribution in [2.45, 2.75) is 17.6 Å². The van der Waals surface area contributed by atoms with Gasteiger partial charge in [0.2, 0.25) is 0 Å². The molecule has 0 atom stereocenters. The van der Waals surface area contributed by atoms with E-state index in [2.05, 4.69) is 15.8 Å². The van der Waals surface area contributed by atoms with Gasteiger partial charge in [0.1, 0.15) is 5.01 Å². The number of aryl methyl sites for hydroxylation is 1. The quantitative estimate of drug-likeness (QED) is 0.211. The Morgan fingerprint density at radius 1 is 1.12 bits per heavy atom. The van der Waals surface area contributed by atoms with E-state index in [0.717, 1.165) is 25.4 Å². The summed E-state index contributed by atoms with van der Waals surface area (Å²) in [5.74, 6) is -1.18. The van der Waals surface area contributed by atoms with Crippen molar-refractivity contribution in [2.24, 2.45) is 0 Å². The third-order valence-electron chi connectivity index (χ3n) is 4.87. The highest BCUT2D eigenvalue weighted by Crippen LogP contribution is 2.39. The Hall–Kier alpha value is -3.22. The van der Waals surface area contributed by atoms with E-state index >= 15 is 0 Å². The van der Waals surface area contributed by atoms with Gasteiger partial charge in [0.25, 0.3) is 17.7 Å². The van der Waals surface area contributed by atoms with Crippen LogP contribution in [0.2, 0.25) is 0 Å². The summed E-state index contributed by atoms with van der Waals surface area (Å²) in [6, 6.07) is 8.37. The van der Waals surface area contributed by atoms with E-state index in [1.807, 2.05) is 18.6 Å². The molecule has 9 nitrogen and oxygen atoms in total. The molecule has 1 aromatic carbocycles. The minimum Gasteiger partial charge on any atom is -0.448 e. The summed E-state index contributed by atoms with van der Waals surface area (Å²) in [6.45, 7) is 2.00. The zero-order valence-electron chi connectivity index (χ0n) is 18.2. The Morgan fingerprint density at radius 2 is 1.82 bits per heavy atom. The van der Waals surface area contributed by atoms with Crippen molar-refractivity contribution in [1.82, 2.24) is 20.7 Å². The van der Waals surface area contributed by atoms with E-state index in [1.165, 1.54) is 34.4 Å². The van der Waals surface area contributed by atoms with Crippen LogP contribution in [-0.4, -0.2) is 53.1 Å². The second kappa shape index (κ2) is 10.4. The molecule has 2 N–H and O–H groups in total. The number of thioether (sulfide) groups is 1. The van der Waals surface area contributed by atoms with Gasteiger partial charge in [0.15, 0.2) is 0 Å². The van der Waals surface area contributed by atoms with Crippen molar-refractivity contribution in [3.05, 3.63) is 57.4 Å². The first-order valence-electron chi connectivity index (χ1n) is 10.2. The molecule has 2 aromatic heterocycles. The van der Waals surface area contributed by atoms with Crippen molar-refractivity contribution < 1.29 is 23.9 Å². The predicted octanol–water partition coefficient (Wildman–Crippen LogP) is 3.96. The van der Waals surface area contributed by atoms with Gasteiger partial charge in [-0.05, 0) is 37.8 Å². The van der Waals surface area contributed by atoms with Gasteiger partial charge < -0.3 is 4.74 Å². The van der Waals surface area contributed by atoms with Crippen LogP contribution in [0.4, 0.5) is 4.79 Å². The smallest absolute Gasteiger partial charge is 0.426 e. The van der Waals surface area contributed by atoms with E-state index in [-0.39, 0.29) is 31.4 Å². The van der Waals surface area contributed by atoms with E-state index < -0.39 is 12.0 Å². The maximum Gasteiger partial charge on any atom is 0.426 e. The summed E-state index contributed by atoms with van der Waals surface area (Å²) < 4.78 is 5.99. The van der Waals surface area contributed by atoms with Crippen LogP contribution in [0, 0.1) is 6.92 Å². The lowest BCUT2D eigenvalue weighted by Gasteiger charge is -2.13. The molecule has 1 aliphatic rings. The number of nitrogens with zero attached hydrogens (tertiary/aromatic N) is 2. The molecule has 0 saturated heterocycles. The lowest BCUT2D eigenvalue weighted by atomic mass is 10.1. The number of hydrazine groups is 1. The average Bonchev–Trinajstić information content (AvgIpc) is 3.53. The minimum absolute atomic E-state index is 0.0295. The number of aromatic nitrogens is 1. The molecule has 12 heteroatoms. The fourth-order valence-corrected chi connectivity index (χ4v) is 6.01. The molecule has 0 fully saturated rings. The molecule has 176 valence electrons. The third kappa shape index (κ3) is 4.98. The fourth-order valence-electron chi connectivity index (χ4n) is 3.30. The van der Waals surface area contributed by atoms with Crippen LogP contribution in [0.5, 0.6) is 0 Å². The van der Waals surface area contributed by atoms with Crippen LogP contribution in [0.3, 0.4) is 0 Å².